The Kier molecular flexibility index (Phi) is 8.66. The molecule has 9 aromatic rings. The first kappa shape index (κ1) is 32.0. The van der Waals surface area contributed by atoms with E-state index in [9.17, 15) is 0 Å². The molecule has 9 rings (SSSR count). The molecule has 0 aromatic heterocycles. The quantitative estimate of drug-likeness (QED) is 0.145. The molecule has 0 bridgehead atoms. The Morgan fingerprint density at radius 2 is 0.792 bits per heavy atom. The predicted octanol–water partition coefficient (Wildman–Crippen LogP) is 14.4. The van der Waals surface area contributed by atoms with E-state index in [0.717, 1.165) is 17.1 Å². The van der Waals surface area contributed by atoms with Gasteiger partial charge in [-0.2, -0.15) is 0 Å². The first-order valence-electron chi connectivity index (χ1n) is 18.2. The van der Waals surface area contributed by atoms with Crippen molar-refractivity contribution in [3.05, 3.63) is 235 Å². The van der Waals surface area contributed by atoms with E-state index in [-0.39, 0.29) is 0 Å². The summed E-state index contributed by atoms with van der Waals surface area (Å²) in [4.78, 5) is 2.35. The highest BCUT2D eigenvalue weighted by molar-refractivity contribution is 6.03. The van der Waals surface area contributed by atoms with Crippen LogP contribution in [0.1, 0.15) is 16.7 Å². The second-order valence-electron chi connectivity index (χ2n) is 13.4. The van der Waals surface area contributed by atoms with Crippen LogP contribution in [0, 0.1) is 0 Å². The van der Waals surface area contributed by atoms with Crippen molar-refractivity contribution in [2.75, 3.05) is 4.90 Å². The Balaban J connectivity index is 1.00. The summed E-state index contributed by atoms with van der Waals surface area (Å²) in [5.41, 5.74) is 13.0. The fourth-order valence-corrected chi connectivity index (χ4v) is 7.40. The maximum Gasteiger partial charge on any atom is 0.0540 e. The highest BCUT2D eigenvalue weighted by atomic mass is 15.1. The number of fused-ring (bicyclic) bond motifs is 2. The normalized spacial score (nSPS) is 11.5. The minimum atomic E-state index is 1.12. The highest BCUT2D eigenvalue weighted by Gasteiger charge is 2.15. The Labute approximate surface area is 311 Å². The first-order valence-corrected chi connectivity index (χ1v) is 18.2. The minimum absolute atomic E-state index is 1.12. The van der Waals surface area contributed by atoms with E-state index in [1.807, 2.05) is 0 Å². The lowest BCUT2D eigenvalue weighted by Crippen LogP contribution is -2.10. The molecule has 0 saturated carbocycles. The maximum absolute atomic E-state index is 2.35. The van der Waals surface area contributed by atoms with Gasteiger partial charge in [-0.25, -0.2) is 0 Å². The second-order valence-corrected chi connectivity index (χ2v) is 13.4. The second kappa shape index (κ2) is 14.3. The van der Waals surface area contributed by atoms with Crippen molar-refractivity contribution >= 4 is 50.3 Å². The van der Waals surface area contributed by atoms with Gasteiger partial charge in [-0.3, -0.25) is 0 Å². The summed E-state index contributed by atoms with van der Waals surface area (Å²) >= 11 is 0. The molecule has 1 nitrogen and oxygen atoms in total. The fourth-order valence-electron chi connectivity index (χ4n) is 7.40. The summed E-state index contributed by atoms with van der Waals surface area (Å²) < 4.78 is 0. The van der Waals surface area contributed by atoms with Gasteiger partial charge in [-0.1, -0.05) is 188 Å². The molecule has 0 aliphatic rings. The smallest absolute Gasteiger partial charge is 0.0540 e. The van der Waals surface area contributed by atoms with Crippen molar-refractivity contribution in [1.29, 1.82) is 0 Å². The van der Waals surface area contributed by atoms with E-state index >= 15 is 0 Å². The zero-order valence-electron chi connectivity index (χ0n) is 29.3. The molecule has 0 N–H and O–H groups in total. The minimum Gasteiger partial charge on any atom is -0.310 e. The lowest BCUT2D eigenvalue weighted by molar-refractivity contribution is 1.30. The van der Waals surface area contributed by atoms with Gasteiger partial charge in [0.25, 0.3) is 0 Å². The largest absolute Gasteiger partial charge is 0.310 e. The summed E-state index contributed by atoms with van der Waals surface area (Å²) in [6.45, 7) is 0. The van der Waals surface area contributed by atoms with Crippen molar-refractivity contribution in [3.8, 4) is 22.3 Å². The van der Waals surface area contributed by atoms with E-state index < -0.39 is 0 Å². The molecular weight excluding hydrogens is 639 g/mol. The monoisotopic (exact) mass is 675 g/mol. The zero-order valence-corrected chi connectivity index (χ0v) is 29.3. The maximum atomic E-state index is 2.35. The molecule has 0 heterocycles. The van der Waals surface area contributed by atoms with Gasteiger partial charge >= 0.3 is 0 Å². The molecular formula is C52H37N. The van der Waals surface area contributed by atoms with Crippen LogP contribution >= 0.6 is 0 Å². The Morgan fingerprint density at radius 3 is 1.43 bits per heavy atom. The van der Waals surface area contributed by atoms with Crippen molar-refractivity contribution in [2.24, 2.45) is 0 Å². The topological polar surface area (TPSA) is 3.24 Å². The SMILES string of the molecule is C(=C(/c1ccc(-c2ccc(-c3ccc(N(c4ccccc4)c4cccc5ccccc45)cc3)cc2)cc1)c1cccc2ccccc12)/c1ccccc1. The summed E-state index contributed by atoms with van der Waals surface area (Å²) in [5.74, 6) is 0. The van der Waals surface area contributed by atoms with Gasteiger partial charge in [0.2, 0.25) is 0 Å². The van der Waals surface area contributed by atoms with E-state index in [1.165, 1.54) is 66.1 Å². The van der Waals surface area contributed by atoms with Crippen LogP contribution in [0.15, 0.2) is 218 Å². The number of anilines is 3. The van der Waals surface area contributed by atoms with Gasteiger partial charge < -0.3 is 4.90 Å². The number of benzene rings is 9. The molecule has 53 heavy (non-hydrogen) atoms. The third-order valence-corrected chi connectivity index (χ3v) is 10.1. The van der Waals surface area contributed by atoms with E-state index in [0.29, 0.717) is 0 Å². The van der Waals surface area contributed by atoms with Crippen LogP contribution in [-0.4, -0.2) is 0 Å². The number of nitrogens with zero attached hydrogens (tertiary/aromatic N) is 1. The van der Waals surface area contributed by atoms with Crippen LogP contribution in [0.3, 0.4) is 0 Å². The molecule has 0 atom stereocenters. The van der Waals surface area contributed by atoms with Crippen molar-refractivity contribution in [1.82, 2.24) is 0 Å². The number of rotatable bonds is 8. The molecule has 0 radical (unpaired) electrons. The van der Waals surface area contributed by atoms with Crippen molar-refractivity contribution in [3.63, 3.8) is 0 Å². The van der Waals surface area contributed by atoms with Gasteiger partial charge in [0.1, 0.15) is 0 Å². The summed E-state index contributed by atoms with van der Waals surface area (Å²) in [7, 11) is 0. The third-order valence-electron chi connectivity index (χ3n) is 10.1. The molecule has 0 spiro atoms. The predicted molar refractivity (Wildman–Crippen MR) is 227 cm³/mol. The molecule has 250 valence electrons. The molecule has 0 amide bonds. The van der Waals surface area contributed by atoms with Crippen LogP contribution in [0.25, 0.3) is 55.4 Å². The molecule has 0 fully saturated rings. The molecule has 0 saturated heterocycles. The zero-order chi connectivity index (χ0) is 35.4. The molecule has 0 unspecified atom stereocenters. The van der Waals surface area contributed by atoms with Crippen LogP contribution in [0.2, 0.25) is 0 Å². The number of hydrogen-bond donors (Lipinski definition) is 0. The van der Waals surface area contributed by atoms with Crippen LogP contribution in [-0.2, 0) is 0 Å². The Bertz CT molecular complexity index is 2660. The molecule has 9 aromatic carbocycles. The first-order chi connectivity index (χ1) is 26.3. The number of hydrogen-bond acceptors (Lipinski definition) is 1. The lowest BCUT2D eigenvalue weighted by atomic mass is 9.90. The van der Waals surface area contributed by atoms with Gasteiger partial charge in [0, 0.05) is 16.8 Å². The van der Waals surface area contributed by atoms with Crippen molar-refractivity contribution < 1.29 is 0 Å². The van der Waals surface area contributed by atoms with Crippen LogP contribution < -0.4 is 4.90 Å². The molecule has 0 aliphatic heterocycles. The average molecular weight is 676 g/mol. The van der Waals surface area contributed by atoms with Crippen molar-refractivity contribution in [2.45, 2.75) is 0 Å². The summed E-state index contributed by atoms with van der Waals surface area (Å²) in [5, 5.41) is 4.95. The summed E-state index contributed by atoms with van der Waals surface area (Å²) in [6, 6.07) is 78.4. The van der Waals surface area contributed by atoms with Gasteiger partial charge in [-0.05, 0) is 97.1 Å². The van der Waals surface area contributed by atoms with E-state index in [2.05, 4.69) is 229 Å². The standard InChI is InChI=1S/C52H37N/c1-3-13-38(14-4-1)37-51(50-23-11-17-43-15-7-9-21-48(43)50)45-31-29-41(30-32-45)39-25-27-40(28-26-39)42-33-35-47(36-34-42)53(46-19-5-2-6-20-46)52-24-12-18-44-16-8-10-22-49(44)52/h1-37H/b51-37+. The van der Waals surface area contributed by atoms with Crippen LogP contribution in [0.4, 0.5) is 17.1 Å². The molecule has 1 heteroatoms. The van der Waals surface area contributed by atoms with E-state index in [4.69, 9.17) is 0 Å². The third kappa shape index (κ3) is 6.53. The Hall–Kier alpha value is -6.96. The summed E-state index contributed by atoms with van der Waals surface area (Å²) in [6.07, 6.45) is 2.30. The molecule has 0 aliphatic carbocycles. The average Bonchev–Trinajstić information content (AvgIpc) is 3.24. The van der Waals surface area contributed by atoms with Gasteiger partial charge in [-0.15, -0.1) is 0 Å². The van der Waals surface area contributed by atoms with Gasteiger partial charge in [0.05, 0.1) is 5.69 Å². The van der Waals surface area contributed by atoms with Gasteiger partial charge in [0.15, 0.2) is 0 Å². The Morgan fingerprint density at radius 1 is 0.340 bits per heavy atom. The fraction of sp³-hybridized carbons (Fsp3) is 0. The van der Waals surface area contributed by atoms with E-state index in [1.54, 1.807) is 0 Å². The number of para-hydroxylation sites is 1. The lowest BCUT2D eigenvalue weighted by Gasteiger charge is -2.27. The highest BCUT2D eigenvalue weighted by Crippen LogP contribution is 2.40. The van der Waals surface area contributed by atoms with Crippen LogP contribution in [0.5, 0.6) is 0 Å².